The van der Waals surface area contributed by atoms with Crippen molar-refractivity contribution >= 4 is 17.3 Å². The summed E-state index contributed by atoms with van der Waals surface area (Å²) < 4.78 is 67.1. The molecule has 0 atom stereocenters. The number of rotatable bonds is 3. The summed E-state index contributed by atoms with van der Waals surface area (Å²) in [5, 5.41) is 5.27. The van der Waals surface area contributed by atoms with Gasteiger partial charge >= 0.3 is 6.18 Å². The van der Waals surface area contributed by atoms with Gasteiger partial charge in [-0.05, 0) is 35.9 Å². The summed E-state index contributed by atoms with van der Waals surface area (Å²) >= 11 is 0. The van der Waals surface area contributed by atoms with E-state index >= 15 is 0 Å². The Balaban J connectivity index is 1.76. The highest BCUT2D eigenvalue weighted by molar-refractivity contribution is 6.11. The molecule has 2 aromatic carbocycles. The van der Waals surface area contributed by atoms with E-state index in [1.54, 1.807) is 0 Å². The number of amidine groups is 1. The Morgan fingerprint density at radius 2 is 1.77 bits per heavy atom. The number of alkyl halides is 3. The molecule has 4 rings (SSSR count). The zero-order chi connectivity index (χ0) is 21.5. The van der Waals surface area contributed by atoms with Crippen molar-refractivity contribution in [2.45, 2.75) is 6.18 Å². The van der Waals surface area contributed by atoms with Crippen LogP contribution in [0.2, 0.25) is 0 Å². The van der Waals surface area contributed by atoms with E-state index in [1.165, 1.54) is 47.1 Å². The number of nitrogen functional groups attached to an aromatic ring is 1. The van der Waals surface area contributed by atoms with E-state index in [0.29, 0.717) is 5.56 Å². The minimum atomic E-state index is -4.50. The van der Waals surface area contributed by atoms with Crippen LogP contribution in [0.4, 0.5) is 33.5 Å². The van der Waals surface area contributed by atoms with Crippen LogP contribution in [0, 0.1) is 11.6 Å². The summed E-state index contributed by atoms with van der Waals surface area (Å²) in [4.78, 5) is 4.04. The SMILES string of the molecule is Nc1ncc(-c2cccc(C(F)(F)F)c2)cc1C1=NN[NH2+]N1c1cccc(F)c1F. The smallest absolute Gasteiger partial charge is 0.383 e. The van der Waals surface area contributed by atoms with Gasteiger partial charge in [0, 0.05) is 11.8 Å². The van der Waals surface area contributed by atoms with Gasteiger partial charge in [0.05, 0.1) is 11.1 Å². The maximum absolute atomic E-state index is 14.3. The largest absolute Gasteiger partial charge is 0.416 e. The van der Waals surface area contributed by atoms with Crippen molar-refractivity contribution in [2.24, 2.45) is 5.10 Å². The predicted octanol–water partition coefficient (Wildman–Crippen LogP) is 2.79. The topological polar surface area (TPSA) is 83.1 Å². The van der Waals surface area contributed by atoms with Gasteiger partial charge in [0.25, 0.3) is 0 Å². The highest BCUT2D eigenvalue weighted by Gasteiger charge is 2.32. The van der Waals surface area contributed by atoms with Crippen LogP contribution in [0.1, 0.15) is 11.1 Å². The fraction of sp³-hybridized carbons (Fsp3) is 0.0526. The molecule has 0 aliphatic carbocycles. The molecular weight excluding hydrogens is 407 g/mol. The third-order valence-electron chi connectivity index (χ3n) is 4.46. The molecule has 0 spiro atoms. The standard InChI is InChI=1S/C19H13F5N6/c20-14-5-2-6-15(16(14)21)30-18(27-28-29-30)13-8-11(9-26-17(13)25)10-3-1-4-12(7-10)19(22,23)24/h1-9,28-29H,(H2,25,26)/p+1. The molecule has 2 heterocycles. The molecule has 0 saturated heterocycles. The van der Waals surface area contributed by atoms with Gasteiger partial charge in [0.15, 0.2) is 11.6 Å². The molecule has 0 amide bonds. The zero-order valence-corrected chi connectivity index (χ0v) is 15.1. The molecule has 0 bridgehead atoms. The fourth-order valence-electron chi connectivity index (χ4n) is 3.00. The quantitative estimate of drug-likeness (QED) is 0.449. The third kappa shape index (κ3) is 3.50. The van der Waals surface area contributed by atoms with Crippen molar-refractivity contribution in [1.29, 1.82) is 0 Å². The number of nitrogens with one attached hydrogen (secondary N) is 1. The number of quaternary nitrogens is 1. The molecule has 6 nitrogen and oxygen atoms in total. The summed E-state index contributed by atoms with van der Waals surface area (Å²) in [5.41, 5.74) is 9.70. The maximum atomic E-state index is 14.3. The average Bonchev–Trinajstić information content (AvgIpc) is 3.19. The molecular formula is C19H14F5N6+. The minimum absolute atomic E-state index is 0.0170. The van der Waals surface area contributed by atoms with Gasteiger partial charge in [-0.3, -0.25) is 0 Å². The fourth-order valence-corrected chi connectivity index (χ4v) is 3.00. The van der Waals surface area contributed by atoms with Crippen LogP contribution in [-0.2, 0) is 6.18 Å². The highest BCUT2D eigenvalue weighted by atomic mass is 19.4. The van der Waals surface area contributed by atoms with Crippen molar-refractivity contribution in [3.8, 4) is 11.1 Å². The Hall–Kier alpha value is -3.73. The zero-order valence-electron chi connectivity index (χ0n) is 15.1. The molecule has 3 aromatic rings. The maximum Gasteiger partial charge on any atom is 0.416 e. The van der Waals surface area contributed by atoms with Crippen LogP contribution in [0.25, 0.3) is 11.1 Å². The van der Waals surface area contributed by atoms with Crippen LogP contribution in [-0.4, -0.2) is 10.8 Å². The Morgan fingerprint density at radius 3 is 2.53 bits per heavy atom. The average molecular weight is 421 g/mol. The molecule has 30 heavy (non-hydrogen) atoms. The van der Waals surface area contributed by atoms with E-state index in [9.17, 15) is 22.0 Å². The highest BCUT2D eigenvalue weighted by Crippen LogP contribution is 2.33. The number of aromatic nitrogens is 1. The van der Waals surface area contributed by atoms with Crippen molar-refractivity contribution < 1.29 is 27.5 Å². The number of hydrogen-bond donors (Lipinski definition) is 3. The lowest BCUT2D eigenvalue weighted by atomic mass is 10.0. The van der Waals surface area contributed by atoms with Crippen LogP contribution < -0.4 is 21.8 Å². The van der Waals surface area contributed by atoms with Gasteiger partial charge < -0.3 is 5.73 Å². The molecule has 5 N–H and O–H groups in total. The van der Waals surface area contributed by atoms with Gasteiger partial charge in [-0.1, -0.05) is 18.2 Å². The van der Waals surface area contributed by atoms with E-state index in [2.05, 4.69) is 15.6 Å². The van der Waals surface area contributed by atoms with Gasteiger partial charge in [0.2, 0.25) is 5.84 Å². The van der Waals surface area contributed by atoms with Crippen LogP contribution in [0.15, 0.2) is 59.8 Å². The molecule has 1 aliphatic heterocycles. The normalized spacial score (nSPS) is 13.9. The van der Waals surface area contributed by atoms with Crippen molar-refractivity contribution in [1.82, 2.24) is 10.5 Å². The van der Waals surface area contributed by atoms with Gasteiger partial charge in [-0.15, -0.1) is 21.2 Å². The van der Waals surface area contributed by atoms with E-state index in [0.717, 1.165) is 18.2 Å². The Kier molecular flexibility index (Phi) is 4.74. The summed E-state index contributed by atoms with van der Waals surface area (Å²) in [6.07, 6.45) is -3.17. The number of nitrogens with two attached hydrogens (primary N) is 2. The second-order valence-electron chi connectivity index (χ2n) is 6.37. The van der Waals surface area contributed by atoms with Crippen molar-refractivity contribution in [3.63, 3.8) is 0 Å². The first-order valence-electron chi connectivity index (χ1n) is 8.59. The lowest BCUT2D eigenvalue weighted by Crippen LogP contribution is -2.98. The summed E-state index contributed by atoms with van der Waals surface area (Å²) in [7, 11) is 0. The predicted molar refractivity (Wildman–Crippen MR) is 99.5 cm³/mol. The first-order chi connectivity index (χ1) is 14.3. The number of halogens is 5. The lowest BCUT2D eigenvalue weighted by molar-refractivity contribution is -0.703. The second-order valence-corrected chi connectivity index (χ2v) is 6.37. The number of nitrogens with zero attached hydrogens (tertiary/aromatic N) is 3. The number of anilines is 2. The Labute approximate surface area is 166 Å². The monoisotopic (exact) mass is 421 g/mol. The molecule has 154 valence electrons. The second kappa shape index (κ2) is 7.26. The van der Waals surface area contributed by atoms with Gasteiger partial charge in [0.1, 0.15) is 11.5 Å². The number of hydrazone groups is 1. The third-order valence-corrected chi connectivity index (χ3v) is 4.46. The lowest BCUT2D eigenvalue weighted by Gasteiger charge is -2.17. The van der Waals surface area contributed by atoms with Crippen molar-refractivity contribution in [3.05, 3.63) is 77.5 Å². The molecule has 0 saturated carbocycles. The van der Waals surface area contributed by atoms with E-state index < -0.39 is 23.4 Å². The van der Waals surface area contributed by atoms with Gasteiger partial charge in [-0.2, -0.15) is 13.2 Å². The molecule has 0 unspecified atom stereocenters. The van der Waals surface area contributed by atoms with Gasteiger partial charge in [-0.25, -0.2) is 13.8 Å². The molecule has 1 aliphatic rings. The van der Waals surface area contributed by atoms with Crippen molar-refractivity contribution in [2.75, 3.05) is 10.7 Å². The van der Waals surface area contributed by atoms with Crippen LogP contribution in [0.3, 0.4) is 0 Å². The first-order valence-corrected chi connectivity index (χ1v) is 8.59. The number of benzene rings is 2. The number of pyridine rings is 1. The van der Waals surface area contributed by atoms with Crippen LogP contribution in [0.5, 0.6) is 0 Å². The van der Waals surface area contributed by atoms with E-state index in [-0.39, 0.29) is 28.5 Å². The van der Waals surface area contributed by atoms with E-state index in [4.69, 9.17) is 5.73 Å². The van der Waals surface area contributed by atoms with E-state index in [1.807, 2.05) is 0 Å². The summed E-state index contributed by atoms with van der Waals surface area (Å²) in [6.45, 7) is 0. The Morgan fingerprint density at radius 1 is 1.00 bits per heavy atom. The summed E-state index contributed by atoms with van der Waals surface area (Å²) in [6, 6.07) is 9.87. The molecule has 0 radical (unpaired) electrons. The minimum Gasteiger partial charge on any atom is -0.383 e. The Bertz CT molecular complexity index is 1140. The molecule has 0 fully saturated rings. The molecule has 1 aromatic heterocycles. The first kappa shape index (κ1) is 19.6. The number of hydrogen-bond acceptors (Lipinski definition) is 5. The summed E-state index contributed by atoms with van der Waals surface area (Å²) in [5.74, 6) is -2.01. The van der Waals surface area contributed by atoms with Crippen LogP contribution >= 0.6 is 0 Å². The molecule has 11 heteroatoms.